The number of ether oxygens (including phenoxy) is 1. The number of benzene rings is 4. The lowest BCUT2D eigenvalue weighted by Gasteiger charge is -2.29. The Balaban J connectivity index is 1.60. The lowest BCUT2D eigenvalue weighted by atomic mass is 9.94. The Hall–Kier alpha value is -3.98. The molecule has 0 aliphatic rings. The van der Waals surface area contributed by atoms with E-state index in [0.717, 1.165) is 22.3 Å². The molecule has 3 unspecified atom stereocenters. The molecule has 0 bridgehead atoms. The lowest BCUT2D eigenvalue weighted by molar-refractivity contribution is 0.108. The van der Waals surface area contributed by atoms with Gasteiger partial charge in [0.15, 0.2) is 0 Å². The number of hydrogen-bond acceptors (Lipinski definition) is 6. The van der Waals surface area contributed by atoms with Gasteiger partial charge in [-0.2, -0.15) is 8.42 Å². The van der Waals surface area contributed by atoms with E-state index in [-0.39, 0.29) is 17.9 Å². The number of aryl methyl sites for hydroxylation is 1. The Morgan fingerprint density at radius 3 is 1.83 bits per heavy atom. The van der Waals surface area contributed by atoms with E-state index in [2.05, 4.69) is 5.32 Å². The van der Waals surface area contributed by atoms with E-state index in [1.807, 2.05) is 97.9 Å². The van der Waals surface area contributed by atoms with Gasteiger partial charge in [0.1, 0.15) is 6.61 Å². The van der Waals surface area contributed by atoms with Crippen molar-refractivity contribution in [3.63, 3.8) is 0 Å². The number of amides is 1. The van der Waals surface area contributed by atoms with Crippen molar-refractivity contribution < 1.29 is 22.1 Å². The maximum absolute atomic E-state index is 13.4. The largest absolute Gasteiger partial charge is 0.445 e. The van der Waals surface area contributed by atoms with Gasteiger partial charge in [0.05, 0.1) is 17.0 Å². The van der Waals surface area contributed by atoms with Crippen molar-refractivity contribution in [3.8, 4) is 0 Å². The molecule has 41 heavy (non-hydrogen) atoms. The zero-order valence-corrected chi connectivity index (χ0v) is 23.9. The van der Waals surface area contributed by atoms with E-state index in [1.54, 1.807) is 12.1 Å². The molecule has 4 aromatic carbocycles. The van der Waals surface area contributed by atoms with Crippen LogP contribution in [0.5, 0.6) is 0 Å². The fourth-order valence-corrected chi connectivity index (χ4v) is 5.67. The van der Waals surface area contributed by atoms with Crippen LogP contribution in [0.2, 0.25) is 0 Å². The summed E-state index contributed by atoms with van der Waals surface area (Å²) in [6.45, 7) is 1.95. The quantitative estimate of drug-likeness (QED) is 0.203. The van der Waals surface area contributed by atoms with Crippen molar-refractivity contribution in [1.29, 1.82) is 0 Å². The summed E-state index contributed by atoms with van der Waals surface area (Å²) in [5.74, 6) is 0. The minimum absolute atomic E-state index is 0.0369. The third kappa shape index (κ3) is 9.56. The molecule has 0 radical (unpaired) electrons. The van der Waals surface area contributed by atoms with Gasteiger partial charge < -0.3 is 15.8 Å². The summed E-state index contributed by atoms with van der Waals surface area (Å²) in [6, 6.07) is 33.8. The van der Waals surface area contributed by atoms with Crippen molar-refractivity contribution in [2.24, 2.45) is 5.73 Å². The minimum atomic E-state index is -4.17. The number of hydrogen-bond donors (Lipinski definition) is 2. The highest BCUT2D eigenvalue weighted by atomic mass is 32.2. The SMILES string of the molecule is Cc1ccc(S(=O)(=O)OC(CC(N)Cc2ccccc2)C(Cc2ccccc2)NC(=O)OCc2ccccc2)cc1. The van der Waals surface area contributed by atoms with Gasteiger partial charge in [-0.3, -0.25) is 4.18 Å². The van der Waals surface area contributed by atoms with Gasteiger partial charge in [0, 0.05) is 6.04 Å². The fourth-order valence-electron chi connectivity index (χ4n) is 4.55. The standard InChI is InChI=1S/C33H36N2O5S/c1-25-17-19-30(20-18-25)41(37,38)40-32(23-29(34)21-26-11-5-2-6-12-26)31(22-27-13-7-3-8-14-27)35-33(36)39-24-28-15-9-4-10-16-28/h2-20,29,31-32H,21-24,34H2,1H3,(H,35,36). The molecule has 0 aliphatic carbocycles. The second kappa shape index (κ2) is 14.6. The van der Waals surface area contributed by atoms with Crippen LogP contribution < -0.4 is 11.1 Å². The van der Waals surface area contributed by atoms with Gasteiger partial charge in [0.25, 0.3) is 10.1 Å². The summed E-state index contributed by atoms with van der Waals surface area (Å²) >= 11 is 0. The molecule has 3 atom stereocenters. The molecule has 0 saturated heterocycles. The molecule has 214 valence electrons. The maximum atomic E-state index is 13.4. The van der Waals surface area contributed by atoms with Crippen LogP contribution in [-0.2, 0) is 38.5 Å². The molecule has 0 aromatic heterocycles. The van der Waals surface area contributed by atoms with E-state index in [0.29, 0.717) is 12.8 Å². The summed E-state index contributed by atoms with van der Waals surface area (Å²) in [5, 5.41) is 2.88. The highest BCUT2D eigenvalue weighted by Gasteiger charge is 2.32. The average molecular weight is 573 g/mol. The molecule has 4 aromatic rings. The molecule has 4 rings (SSSR count). The Morgan fingerprint density at radius 2 is 1.27 bits per heavy atom. The fraction of sp³-hybridized carbons (Fsp3) is 0.242. The molecule has 0 aliphatic heterocycles. The summed E-state index contributed by atoms with van der Waals surface area (Å²) in [6.07, 6.45) is -0.636. The van der Waals surface area contributed by atoms with Crippen LogP contribution in [-0.4, -0.2) is 32.7 Å². The summed E-state index contributed by atoms with van der Waals surface area (Å²) < 4.78 is 38.3. The maximum Gasteiger partial charge on any atom is 0.407 e. The first-order valence-corrected chi connectivity index (χ1v) is 15.0. The lowest BCUT2D eigenvalue weighted by Crippen LogP contribution is -2.49. The highest BCUT2D eigenvalue weighted by molar-refractivity contribution is 7.86. The van der Waals surface area contributed by atoms with Crippen molar-refractivity contribution in [2.75, 3.05) is 0 Å². The van der Waals surface area contributed by atoms with Crippen LogP contribution in [0.15, 0.2) is 120 Å². The van der Waals surface area contributed by atoms with Crippen LogP contribution in [0.4, 0.5) is 4.79 Å². The first-order valence-electron chi connectivity index (χ1n) is 13.6. The second-order valence-corrected chi connectivity index (χ2v) is 11.7. The zero-order valence-electron chi connectivity index (χ0n) is 23.1. The second-order valence-electron chi connectivity index (χ2n) is 10.1. The Morgan fingerprint density at radius 1 is 0.756 bits per heavy atom. The van der Waals surface area contributed by atoms with Crippen LogP contribution in [0.3, 0.4) is 0 Å². The van der Waals surface area contributed by atoms with Crippen molar-refractivity contribution in [1.82, 2.24) is 5.32 Å². The van der Waals surface area contributed by atoms with Gasteiger partial charge in [0.2, 0.25) is 0 Å². The number of nitrogens with two attached hydrogens (primary N) is 1. The van der Waals surface area contributed by atoms with E-state index < -0.39 is 34.4 Å². The van der Waals surface area contributed by atoms with Crippen LogP contribution in [0.25, 0.3) is 0 Å². The van der Waals surface area contributed by atoms with Crippen molar-refractivity contribution in [3.05, 3.63) is 138 Å². The van der Waals surface area contributed by atoms with Gasteiger partial charge in [-0.25, -0.2) is 4.79 Å². The first kappa shape index (κ1) is 30.0. The van der Waals surface area contributed by atoms with E-state index in [9.17, 15) is 13.2 Å². The van der Waals surface area contributed by atoms with Crippen LogP contribution >= 0.6 is 0 Å². The monoisotopic (exact) mass is 572 g/mol. The average Bonchev–Trinajstić information content (AvgIpc) is 2.97. The van der Waals surface area contributed by atoms with Gasteiger partial charge in [-0.15, -0.1) is 0 Å². The molecule has 0 heterocycles. The highest BCUT2D eigenvalue weighted by Crippen LogP contribution is 2.22. The molecule has 7 nitrogen and oxygen atoms in total. The van der Waals surface area contributed by atoms with Crippen LogP contribution in [0.1, 0.15) is 28.7 Å². The predicted molar refractivity (Wildman–Crippen MR) is 160 cm³/mol. The third-order valence-corrected chi connectivity index (χ3v) is 8.05. The van der Waals surface area contributed by atoms with E-state index in [1.165, 1.54) is 12.1 Å². The smallest absolute Gasteiger partial charge is 0.407 e. The Labute approximate surface area is 242 Å². The molecular formula is C33H36N2O5S. The third-order valence-electron chi connectivity index (χ3n) is 6.70. The molecule has 0 fully saturated rings. The van der Waals surface area contributed by atoms with Gasteiger partial charge in [-0.05, 0) is 55.0 Å². The van der Waals surface area contributed by atoms with Gasteiger partial charge in [-0.1, -0.05) is 109 Å². The molecule has 8 heteroatoms. The summed E-state index contributed by atoms with van der Waals surface area (Å²) in [4.78, 5) is 13.0. The molecule has 3 N–H and O–H groups in total. The molecule has 0 saturated carbocycles. The number of nitrogens with one attached hydrogen (secondary N) is 1. The summed E-state index contributed by atoms with van der Waals surface area (Å²) in [7, 11) is -4.17. The number of carbonyl (C=O) groups is 1. The Bertz CT molecular complexity index is 1460. The zero-order chi connectivity index (χ0) is 29.1. The van der Waals surface area contributed by atoms with Crippen LogP contribution in [0, 0.1) is 6.92 Å². The normalized spacial score (nSPS) is 13.6. The summed E-state index contributed by atoms with van der Waals surface area (Å²) in [5.41, 5.74) is 10.2. The van der Waals surface area contributed by atoms with E-state index in [4.69, 9.17) is 14.7 Å². The van der Waals surface area contributed by atoms with E-state index >= 15 is 0 Å². The van der Waals surface area contributed by atoms with Gasteiger partial charge >= 0.3 is 6.09 Å². The molecule has 0 spiro atoms. The number of rotatable bonds is 13. The Kier molecular flexibility index (Phi) is 10.7. The minimum Gasteiger partial charge on any atom is -0.445 e. The molecular weight excluding hydrogens is 536 g/mol. The molecule has 1 amide bonds. The predicted octanol–water partition coefficient (Wildman–Crippen LogP) is 5.57. The number of carbonyl (C=O) groups excluding carboxylic acids is 1. The topological polar surface area (TPSA) is 108 Å². The van der Waals surface area contributed by atoms with Crippen molar-refractivity contribution >= 4 is 16.2 Å². The number of alkyl carbamates (subject to hydrolysis) is 1. The first-order chi connectivity index (χ1) is 19.8. The van der Waals surface area contributed by atoms with Crippen molar-refractivity contribution in [2.45, 2.75) is 55.9 Å².